The number of hydrogen-bond donors (Lipinski definition) is 0. The van der Waals surface area contributed by atoms with Crippen LogP contribution in [0.15, 0.2) is 194 Å². The van der Waals surface area contributed by atoms with Crippen molar-refractivity contribution in [2.24, 2.45) is 0 Å². The number of benzene rings is 9. The van der Waals surface area contributed by atoms with Crippen LogP contribution in [0.3, 0.4) is 0 Å². The molecule has 9 aromatic carbocycles. The highest BCUT2D eigenvalue weighted by Crippen LogP contribution is 2.46. The highest BCUT2D eigenvalue weighted by atomic mass is 32.1. The molecule has 0 spiro atoms. The minimum Gasteiger partial charge on any atom is -0.228 e. The highest BCUT2D eigenvalue weighted by molar-refractivity contribution is 7.25. The van der Waals surface area contributed by atoms with E-state index in [1.807, 2.05) is 17.4 Å². The zero-order valence-corrected chi connectivity index (χ0v) is 30.6. The molecule has 0 amide bonds. The maximum Gasteiger partial charge on any atom is 0.160 e. The quantitative estimate of drug-likeness (QED) is 0.131. The van der Waals surface area contributed by atoms with Gasteiger partial charge in [0.15, 0.2) is 5.82 Å². The van der Waals surface area contributed by atoms with E-state index in [1.165, 1.54) is 69.2 Å². The number of hydrogen-bond acceptors (Lipinski definition) is 3. The Bertz CT molecular complexity index is 3250. The first-order chi connectivity index (χ1) is 27.3. The number of thiophene rings is 1. The van der Waals surface area contributed by atoms with Gasteiger partial charge in [-0.3, -0.25) is 0 Å². The molecule has 2 aromatic heterocycles. The van der Waals surface area contributed by atoms with E-state index in [0.717, 1.165) is 33.6 Å². The van der Waals surface area contributed by atoms with Gasteiger partial charge >= 0.3 is 0 Å². The molecular weight excluding hydrogens is 685 g/mol. The second-order valence-electron chi connectivity index (χ2n) is 14.1. The lowest BCUT2D eigenvalue weighted by atomic mass is 9.85. The number of rotatable bonds is 5. The second kappa shape index (κ2) is 12.9. The Morgan fingerprint density at radius 1 is 0.309 bits per heavy atom. The summed E-state index contributed by atoms with van der Waals surface area (Å²) in [6.07, 6.45) is 0. The van der Waals surface area contributed by atoms with Crippen molar-refractivity contribution in [3.63, 3.8) is 0 Å². The summed E-state index contributed by atoms with van der Waals surface area (Å²) in [4.78, 5) is 10.7. The number of fused-ring (bicyclic) bond motifs is 7. The molecule has 11 rings (SSSR count). The van der Waals surface area contributed by atoms with E-state index in [4.69, 9.17) is 9.97 Å². The van der Waals surface area contributed by atoms with Crippen LogP contribution in [0.25, 0.3) is 109 Å². The molecule has 0 N–H and O–H groups in total. The molecule has 0 saturated carbocycles. The summed E-state index contributed by atoms with van der Waals surface area (Å²) in [5.74, 6) is 0.704. The second-order valence-corrected chi connectivity index (χ2v) is 15.2. The molecule has 0 aliphatic heterocycles. The van der Waals surface area contributed by atoms with Crippen LogP contribution >= 0.6 is 11.3 Å². The molecule has 0 bridgehead atoms. The van der Waals surface area contributed by atoms with E-state index >= 15 is 0 Å². The highest BCUT2D eigenvalue weighted by Gasteiger charge is 2.21. The van der Waals surface area contributed by atoms with Gasteiger partial charge in [-0.1, -0.05) is 170 Å². The average Bonchev–Trinajstić information content (AvgIpc) is 3.64. The standard InChI is InChI=1S/C52H32N2S/c1-3-15-34(16-4-1)49-42-23-9-10-24-43(42)51(50-39-21-8-7-14-33(39)26-29-44(49)50)46-32-45(53-52(54-46)35-17-5-2-6-18-35)38-20-13-19-36(30-38)37-27-28-41-40-22-11-12-25-47(40)55-48(41)31-37/h1-32H. The van der Waals surface area contributed by atoms with Gasteiger partial charge in [0.05, 0.1) is 11.4 Å². The van der Waals surface area contributed by atoms with Gasteiger partial charge in [0.1, 0.15) is 0 Å². The Balaban J connectivity index is 1.18. The first-order valence-electron chi connectivity index (χ1n) is 18.7. The summed E-state index contributed by atoms with van der Waals surface area (Å²) >= 11 is 1.85. The van der Waals surface area contributed by atoms with Crippen LogP contribution in [0, 0.1) is 0 Å². The van der Waals surface area contributed by atoms with Crippen LogP contribution in [0.4, 0.5) is 0 Å². The first kappa shape index (κ1) is 31.6. The molecule has 0 saturated heterocycles. The van der Waals surface area contributed by atoms with E-state index in [9.17, 15) is 0 Å². The van der Waals surface area contributed by atoms with E-state index in [-0.39, 0.29) is 0 Å². The van der Waals surface area contributed by atoms with Gasteiger partial charge in [-0.15, -0.1) is 11.3 Å². The Kier molecular flexibility index (Phi) is 7.39. The van der Waals surface area contributed by atoms with Crippen molar-refractivity contribution < 1.29 is 0 Å². The molecule has 0 unspecified atom stereocenters. The van der Waals surface area contributed by atoms with E-state index < -0.39 is 0 Å². The molecule has 0 atom stereocenters. The van der Waals surface area contributed by atoms with Crippen LogP contribution in [0.1, 0.15) is 0 Å². The Morgan fingerprint density at radius 3 is 1.71 bits per heavy atom. The minimum atomic E-state index is 0.704. The lowest BCUT2D eigenvalue weighted by Gasteiger charge is -2.19. The van der Waals surface area contributed by atoms with Crippen LogP contribution in [-0.4, -0.2) is 9.97 Å². The average molecular weight is 717 g/mol. The fraction of sp³-hybridized carbons (Fsp3) is 0. The van der Waals surface area contributed by atoms with Crippen molar-refractivity contribution in [2.45, 2.75) is 0 Å². The first-order valence-corrected chi connectivity index (χ1v) is 19.5. The summed E-state index contributed by atoms with van der Waals surface area (Å²) < 4.78 is 2.61. The predicted octanol–water partition coefficient (Wildman–Crippen LogP) is 14.6. The molecule has 256 valence electrons. The van der Waals surface area contributed by atoms with E-state index in [1.54, 1.807) is 0 Å². The van der Waals surface area contributed by atoms with Crippen LogP contribution < -0.4 is 0 Å². The minimum absolute atomic E-state index is 0.704. The predicted molar refractivity (Wildman–Crippen MR) is 235 cm³/mol. The van der Waals surface area contributed by atoms with Crippen molar-refractivity contribution >= 4 is 63.8 Å². The summed E-state index contributed by atoms with van der Waals surface area (Å²) in [6.45, 7) is 0. The summed E-state index contributed by atoms with van der Waals surface area (Å²) in [7, 11) is 0. The third-order valence-corrected chi connectivity index (χ3v) is 12.0. The summed E-state index contributed by atoms with van der Waals surface area (Å²) in [6, 6.07) is 69.7. The lowest BCUT2D eigenvalue weighted by molar-refractivity contribution is 1.19. The molecule has 11 aromatic rings. The zero-order valence-electron chi connectivity index (χ0n) is 29.8. The summed E-state index contributed by atoms with van der Waals surface area (Å²) in [5, 5.41) is 9.80. The van der Waals surface area contributed by atoms with E-state index in [2.05, 4.69) is 188 Å². The molecule has 0 radical (unpaired) electrons. The molecule has 55 heavy (non-hydrogen) atoms. The van der Waals surface area contributed by atoms with Crippen molar-refractivity contribution in [2.75, 3.05) is 0 Å². The zero-order chi connectivity index (χ0) is 36.3. The molecule has 0 aliphatic rings. The Labute approximate surface area is 322 Å². The topological polar surface area (TPSA) is 25.8 Å². The van der Waals surface area contributed by atoms with Gasteiger partial charge in [-0.2, -0.15) is 0 Å². The van der Waals surface area contributed by atoms with Gasteiger partial charge in [0.25, 0.3) is 0 Å². The number of aromatic nitrogens is 2. The number of nitrogens with zero attached hydrogens (tertiary/aromatic N) is 2. The largest absolute Gasteiger partial charge is 0.228 e. The Hall–Kier alpha value is -6.94. The fourth-order valence-electron chi connectivity index (χ4n) is 8.33. The lowest BCUT2D eigenvalue weighted by Crippen LogP contribution is -1.98. The monoisotopic (exact) mass is 716 g/mol. The molecule has 2 nitrogen and oxygen atoms in total. The van der Waals surface area contributed by atoms with Crippen molar-refractivity contribution in [3.05, 3.63) is 194 Å². The third-order valence-electron chi connectivity index (χ3n) is 10.9. The van der Waals surface area contributed by atoms with Crippen LogP contribution in [-0.2, 0) is 0 Å². The fourth-order valence-corrected chi connectivity index (χ4v) is 9.48. The Morgan fingerprint density at radius 2 is 0.891 bits per heavy atom. The van der Waals surface area contributed by atoms with Crippen LogP contribution in [0.2, 0.25) is 0 Å². The van der Waals surface area contributed by atoms with Gasteiger partial charge in [-0.25, -0.2) is 9.97 Å². The maximum absolute atomic E-state index is 5.43. The SMILES string of the molecule is c1ccc(-c2nc(-c3cccc(-c4ccc5c(c4)sc4ccccc45)c3)cc(-c3c4ccccc4c(-c4ccccc4)c4ccc5ccccc5c34)n2)cc1. The normalized spacial score (nSPS) is 11.6. The van der Waals surface area contributed by atoms with Gasteiger partial charge in [0, 0.05) is 42.2 Å². The molecule has 2 heterocycles. The third kappa shape index (κ3) is 5.32. The van der Waals surface area contributed by atoms with Gasteiger partial charge < -0.3 is 0 Å². The van der Waals surface area contributed by atoms with Gasteiger partial charge in [0.2, 0.25) is 0 Å². The summed E-state index contributed by atoms with van der Waals surface area (Å²) in [5.41, 5.74) is 9.73. The van der Waals surface area contributed by atoms with Crippen molar-refractivity contribution in [3.8, 4) is 56.2 Å². The molecular formula is C52H32N2S. The molecule has 0 aliphatic carbocycles. The maximum atomic E-state index is 5.43. The van der Waals surface area contributed by atoms with Crippen molar-refractivity contribution in [1.29, 1.82) is 0 Å². The van der Waals surface area contributed by atoms with Crippen molar-refractivity contribution in [1.82, 2.24) is 9.97 Å². The van der Waals surface area contributed by atoms with Crippen LogP contribution in [0.5, 0.6) is 0 Å². The van der Waals surface area contributed by atoms with Gasteiger partial charge in [-0.05, 0) is 73.5 Å². The molecule has 3 heteroatoms. The van der Waals surface area contributed by atoms with E-state index in [0.29, 0.717) is 5.82 Å². The molecule has 0 fully saturated rings. The smallest absolute Gasteiger partial charge is 0.160 e.